The fraction of sp³-hybridized carbons (Fsp3) is 0.640. The van der Waals surface area contributed by atoms with Gasteiger partial charge in [-0.05, 0) is 57.2 Å². The van der Waals surface area contributed by atoms with Gasteiger partial charge in [0.25, 0.3) is 11.5 Å². The van der Waals surface area contributed by atoms with Crippen molar-refractivity contribution in [3.63, 3.8) is 0 Å². The van der Waals surface area contributed by atoms with E-state index in [0.717, 1.165) is 36.5 Å². The summed E-state index contributed by atoms with van der Waals surface area (Å²) in [6.45, 7) is 5.53. The van der Waals surface area contributed by atoms with Gasteiger partial charge < -0.3 is 19.3 Å². The summed E-state index contributed by atoms with van der Waals surface area (Å²) in [6.07, 6.45) is 6.81. The second-order valence-electron chi connectivity index (χ2n) is 10.6. The highest BCUT2D eigenvalue weighted by Crippen LogP contribution is 2.35. The molecule has 4 aliphatic rings. The zero-order valence-corrected chi connectivity index (χ0v) is 21.3. The number of pyridine rings is 1. The molecule has 2 aromatic heterocycles. The van der Waals surface area contributed by atoms with Gasteiger partial charge in [-0.25, -0.2) is 4.79 Å². The number of carbonyl (C=O) groups is 2. The van der Waals surface area contributed by atoms with Crippen molar-refractivity contribution in [3.8, 4) is 0 Å². The lowest BCUT2D eigenvalue weighted by Gasteiger charge is -2.42. The van der Waals surface area contributed by atoms with Gasteiger partial charge in [-0.1, -0.05) is 17.0 Å². The summed E-state index contributed by atoms with van der Waals surface area (Å²) in [7, 11) is 0. The van der Waals surface area contributed by atoms with Gasteiger partial charge in [-0.2, -0.15) is 0 Å². The second-order valence-corrected chi connectivity index (χ2v) is 11.4. The molecular weight excluding hydrogens is 478 g/mol. The highest BCUT2D eigenvalue weighted by Gasteiger charge is 2.37. The van der Waals surface area contributed by atoms with Crippen LogP contribution in [0.15, 0.2) is 23.0 Å². The average molecular weight is 512 g/mol. The summed E-state index contributed by atoms with van der Waals surface area (Å²) in [4.78, 5) is 45.0. The molecule has 0 aromatic carbocycles. The monoisotopic (exact) mass is 511 g/mol. The number of likely N-dealkylation sites (tertiary alicyclic amines) is 3. The van der Waals surface area contributed by atoms with E-state index in [1.807, 2.05) is 15.5 Å². The zero-order valence-electron chi connectivity index (χ0n) is 20.5. The molecule has 3 saturated heterocycles. The molecule has 10 nitrogen and oxygen atoms in total. The number of urea groups is 1. The van der Waals surface area contributed by atoms with E-state index >= 15 is 0 Å². The van der Waals surface area contributed by atoms with Crippen LogP contribution >= 0.6 is 11.5 Å². The molecule has 6 rings (SSSR count). The standard InChI is InChI=1S/C25H33N7O3S/c33-21-6-4-5-20-18-13-17(15-32(20)21)14-31(16-18)25(35)26-23-22(27-28-36-23)24(34)30-11-7-19(8-12-30)29-9-2-1-3-10-29/h4-6,17-19H,1-3,7-16H2,(H,26,35)/t17-,18+/m0/s1. The van der Waals surface area contributed by atoms with E-state index in [1.54, 1.807) is 17.0 Å². The third-order valence-corrected chi connectivity index (χ3v) is 8.98. The van der Waals surface area contributed by atoms with Gasteiger partial charge in [-0.15, -0.1) is 5.10 Å². The molecule has 0 radical (unpaired) electrons. The molecule has 2 bridgehead atoms. The van der Waals surface area contributed by atoms with Crippen LogP contribution in [-0.2, 0) is 6.54 Å². The topological polar surface area (TPSA) is 104 Å². The van der Waals surface area contributed by atoms with Crippen molar-refractivity contribution in [2.24, 2.45) is 5.92 Å². The molecule has 0 unspecified atom stereocenters. The Morgan fingerprint density at radius 2 is 1.78 bits per heavy atom. The van der Waals surface area contributed by atoms with E-state index in [4.69, 9.17) is 0 Å². The quantitative estimate of drug-likeness (QED) is 0.679. The number of amides is 3. The van der Waals surface area contributed by atoms with Crippen LogP contribution in [0.5, 0.6) is 0 Å². The molecule has 0 saturated carbocycles. The predicted octanol–water partition coefficient (Wildman–Crippen LogP) is 2.44. The van der Waals surface area contributed by atoms with Crippen LogP contribution in [0.1, 0.15) is 60.6 Å². The van der Waals surface area contributed by atoms with Gasteiger partial charge in [0.05, 0.1) is 0 Å². The molecule has 0 aliphatic carbocycles. The summed E-state index contributed by atoms with van der Waals surface area (Å²) in [5.74, 6) is 0.225. The van der Waals surface area contributed by atoms with Crippen molar-refractivity contribution < 1.29 is 9.59 Å². The van der Waals surface area contributed by atoms with Crippen LogP contribution in [0.25, 0.3) is 0 Å². The van der Waals surface area contributed by atoms with Crippen molar-refractivity contribution in [1.82, 2.24) is 28.9 Å². The molecule has 0 spiro atoms. The van der Waals surface area contributed by atoms with Gasteiger partial charge in [-0.3, -0.25) is 14.9 Å². The SMILES string of the molecule is O=C(Nc1snnc1C(=O)N1CCC(N2CCCCC2)CC1)N1C[C@@H]2C[C@H](C1)c1cccc(=O)n1C2. The number of hydrogen-bond acceptors (Lipinski definition) is 7. The van der Waals surface area contributed by atoms with Gasteiger partial charge in [0, 0.05) is 68.0 Å². The molecule has 3 fully saturated rings. The number of nitrogens with zero attached hydrogens (tertiary/aromatic N) is 6. The molecule has 192 valence electrons. The van der Waals surface area contributed by atoms with Crippen LogP contribution in [0, 0.1) is 5.92 Å². The summed E-state index contributed by atoms with van der Waals surface area (Å²) >= 11 is 1.05. The number of aromatic nitrogens is 3. The van der Waals surface area contributed by atoms with E-state index in [9.17, 15) is 14.4 Å². The average Bonchev–Trinajstić information content (AvgIpc) is 3.37. The lowest BCUT2D eigenvalue weighted by atomic mass is 9.83. The van der Waals surface area contributed by atoms with Crippen molar-refractivity contribution in [1.29, 1.82) is 0 Å². The Balaban J connectivity index is 1.08. The van der Waals surface area contributed by atoms with Crippen molar-refractivity contribution in [2.45, 2.75) is 57.0 Å². The minimum absolute atomic E-state index is 0.0268. The third-order valence-electron chi connectivity index (χ3n) is 8.34. The first-order valence-electron chi connectivity index (χ1n) is 13.2. The Hall–Kier alpha value is -2.79. The number of carbonyl (C=O) groups excluding carboxylic acids is 2. The van der Waals surface area contributed by atoms with Crippen molar-refractivity contribution in [2.75, 3.05) is 44.6 Å². The van der Waals surface area contributed by atoms with E-state index in [2.05, 4.69) is 19.8 Å². The number of piperidine rings is 3. The van der Waals surface area contributed by atoms with E-state index in [0.29, 0.717) is 43.8 Å². The van der Waals surface area contributed by atoms with Gasteiger partial charge in [0.2, 0.25) is 0 Å². The summed E-state index contributed by atoms with van der Waals surface area (Å²) in [5.41, 5.74) is 1.26. The smallest absolute Gasteiger partial charge is 0.322 e. The largest absolute Gasteiger partial charge is 0.337 e. The molecule has 1 N–H and O–H groups in total. The maximum atomic E-state index is 13.3. The molecule has 4 aliphatic heterocycles. The Morgan fingerprint density at radius 1 is 0.972 bits per heavy atom. The van der Waals surface area contributed by atoms with Crippen LogP contribution in [0.2, 0.25) is 0 Å². The molecule has 2 atom stereocenters. The van der Waals surface area contributed by atoms with Crippen LogP contribution in [0.3, 0.4) is 0 Å². The Bertz CT molecular complexity index is 1180. The Morgan fingerprint density at radius 3 is 2.58 bits per heavy atom. The highest BCUT2D eigenvalue weighted by atomic mass is 32.1. The van der Waals surface area contributed by atoms with Gasteiger partial charge in [0.1, 0.15) is 0 Å². The molecular formula is C25H33N7O3S. The molecule has 6 heterocycles. The van der Waals surface area contributed by atoms with Crippen LogP contribution < -0.4 is 10.9 Å². The number of anilines is 1. The van der Waals surface area contributed by atoms with Crippen LogP contribution in [0.4, 0.5) is 9.80 Å². The van der Waals surface area contributed by atoms with Gasteiger partial charge in [0.15, 0.2) is 10.7 Å². The normalized spacial score (nSPS) is 24.9. The van der Waals surface area contributed by atoms with Crippen molar-refractivity contribution >= 4 is 28.5 Å². The van der Waals surface area contributed by atoms with E-state index in [1.165, 1.54) is 32.4 Å². The summed E-state index contributed by atoms with van der Waals surface area (Å²) in [6, 6.07) is 5.70. The summed E-state index contributed by atoms with van der Waals surface area (Å²) in [5, 5.41) is 7.42. The second kappa shape index (κ2) is 9.93. The van der Waals surface area contributed by atoms with E-state index in [-0.39, 0.29) is 35.0 Å². The first kappa shape index (κ1) is 23.6. The lowest BCUT2D eigenvalue weighted by Crippen LogP contribution is -2.50. The molecule has 2 aromatic rings. The number of hydrogen-bond donors (Lipinski definition) is 1. The molecule has 36 heavy (non-hydrogen) atoms. The fourth-order valence-electron chi connectivity index (χ4n) is 6.52. The highest BCUT2D eigenvalue weighted by molar-refractivity contribution is 7.10. The maximum Gasteiger partial charge on any atom is 0.322 e. The Kier molecular flexibility index (Phi) is 6.51. The fourth-order valence-corrected chi connectivity index (χ4v) is 7.07. The third kappa shape index (κ3) is 4.54. The molecule has 11 heteroatoms. The lowest BCUT2D eigenvalue weighted by molar-refractivity contribution is 0.0585. The zero-order chi connectivity index (χ0) is 24.6. The number of fused-ring (bicyclic) bond motifs is 4. The first-order chi connectivity index (χ1) is 17.6. The maximum absolute atomic E-state index is 13.3. The van der Waals surface area contributed by atoms with E-state index < -0.39 is 0 Å². The number of rotatable bonds is 3. The molecule has 3 amide bonds. The van der Waals surface area contributed by atoms with Crippen molar-refractivity contribution in [3.05, 3.63) is 39.9 Å². The Labute approximate surface area is 214 Å². The minimum atomic E-state index is -0.236. The summed E-state index contributed by atoms with van der Waals surface area (Å²) < 4.78 is 5.84. The number of nitrogens with one attached hydrogen (secondary N) is 1. The van der Waals surface area contributed by atoms with Crippen LogP contribution in [-0.4, -0.2) is 86.1 Å². The van der Waals surface area contributed by atoms with Gasteiger partial charge >= 0.3 is 6.03 Å². The first-order valence-corrected chi connectivity index (χ1v) is 14.0. The minimum Gasteiger partial charge on any atom is -0.337 e. The predicted molar refractivity (Wildman–Crippen MR) is 136 cm³/mol.